The van der Waals surface area contributed by atoms with Crippen LogP contribution >= 0.6 is 11.6 Å². The lowest BCUT2D eigenvalue weighted by molar-refractivity contribution is -0.142. The van der Waals surface area contributed by atoms with Crippen LogP contribution in [-0.4, -0.2) is 30.8 Å². The number of nitrogens with one attached hydrogen (secondary N) is 1. The van der Waals surface area contributed by atoms with E-state index in [-0.39, 0.29) is 30.9 Å². The maximum atomic E-state index is 12.7. The minimum absolute atomic E-state index is 0.0588. The van der Waals surface area contributed by atoms with Gasteiger partial charge in [0.05, 0.1) is 5.56 Å². The zero-order chi connectivity index (χ0) is 21.4. The van der Waals surface area contributed by atoms with Crippen molar-refractivity contribution in [1.29, 1.82) is 0 Å². The highest BCUT2D eigenvalue weighted by molar-refractivity contribution is 6.30. The Morgan fingerprint density at radius 2 is 1.69 bits per heavy atom. The van der Waals surface area contributed by atoms with E-state index in [0.717, 1.165) is 12.1 Å². The molecular formula is C20H17ClF3NO4. The van der Waals surface area contributed by atoms with Crippen LogP contribution in [0.3, 0.4) is 0 Å². The van der Waals surface area contributed by atoms with E-state index in [2.05, 4.69) is 5.32 Å². The molecule has 0 radical (unpaired) electrons. The Balaban J connectivity index is 1.71. The molecule has 2 rings (SSSR count). The highest BCUT2D eigenvalue weighted by Gasteiger charge is 2.30. The van der Waals surface area contributed by atoms with Gasteiger partial charge in [0.2, 0.25) is 0 Å². The topological polar surface area (TPSA) is 72.5 Å². The molecule has 0 aliphatic carbocycles. The summed E-state index contributed by atoms with van der Waals surface area (Å²) in [4.78, 5) is 35.5. The fourth-order valence-corrected chi connectivity index (χ4v) is 2.43. The summed E-state index contributed by atoms with van der Waals surface area (Å²) in [6, 6.07) is 10.2. The lowest BCUT2D eigenvalue weighted by atomic mass is 10.1. The van der Waals surface area contributed by atoms with Crippen LogP contribution < -0.4 is 5.32 Å². The van der Waals surface area contributed by atoms with Crippen molar-refractivity contribution in [2.45, 2.75) is 19.0 Å². The van der Waals surface area contributed by atoms with Gasteiger partial charge in [-0.05, 0) is 42.8 Å². The Bertz CT molecular complexity index is 882. The maximum Gasteiger partial charge on any atom is 0.416 e. The first-order chi connectivity index (χ1) is 13.7. The summed E-state index contributed by atoms with van der Waals surface area (Å²) in [6.45, 7) is -0.449. The van der Waals surface area contributed by atoms with Crippen LogP contribution in [0.5, 0.6) is 0 Å². The first-order valence-corrected chi connectivity index (χ1v) is 8.94. The Kier molecular flexibility index (Phi) is 7.78. The summed E-state index contributed by atoms with van der Waals surface area (Å²) in [5, 5.41) is 3.13. The van der Waals surface area contributed by atoms with E-state index < -0.39 is 30.1 Å². The third-order valence-corrected chi connectivity index (χ3v) is 4.08. The average Bonchev–Trinajstić information content (AvgIpc) is 2.69. The predicted molar refractivity (Wildman–Crippen MR) is 99.8 cm³/mol. The molecule has 0 bridgehead atoms. The minimum atomic E-state index is -4.57. The van der Waals surface area contributed by atoms with E-state index in [1.807, 2.05) is 0 Å². The molecule has 0 aliphatic heterocycles. The van der Waals surface area contributed by atoms with E-state index in [1.54, 1.807) is 24.3 Å². The van der Waals surface area contributed by atoms with Crippen LogP contribution in [0.4, 0.5) is 13.2 Å². The number of carbonyl (C=O) groups is 3. The number of Topliss-reactive ketones (excluding diaryl/α,β-unsaturated/α-hetero) is 1. The maximum absolute atomic E-state index is 12.7. The van der Waals surface area contributed by atoms with Gasteiger partial charge in [-0.15, -0.1) is 0 Å². The van der Waals surface area contributed by atoms with Gasteiger partial charge in [-0.25, -0.2) is 0 Å². The third-order valence-electron chi connectivity index (χ3n) is 3.83. The second kappa shape index (κ2) is 10.1. The highest BCUT2D eigenvalue weighted by Crippen LogP contribution is 2.29. The standard InChI is InChI=1S/C20H17ClF3NO4/c21-16-8-6-13(7-9-16)19(28)25-10-2-5-18(27)29-12-17(26)14-3-1-4-15(11-14)20(22,23)24/h1,3-4,6-9,11H,2,5,10,12H2,(H,25,28). The Morgan fingerprint density at radius 1 is 1.00 bits per heavy atom. The number of carbonyl (C=O) groups excluding carboxylic acids is 3. The van der Waals surface area contributed by atoms with Crippen molar-refractivity contribution in [3.8, 4) is 0 Å². The molecule has 0 aromatic heterocycles. The predicted octanol–water partition coefficient (Wildman–Crippen LogP) is 4.29. The van der Waals surface area contributed by atoms with E-state index in [4.69, 9.17) is 16.3 Å². The molecule has 9 heteroatoms. The van der Waals surface area contributed by atoms with Gasteiger partial charge in [0.1, 0.15) is 0 Å². The molecule has 5 nitrogen and oxygen atoms in total. The van der Waals surface area contributed by atoms with Gasteiger partial charge in [0.25, 0.3) is 5.91 Å². The first kappa shape index (κ1) is 22.4. The number of esters is 1. The molecule has 0 aliphatic rings. The monoisotopic (exact) mass is 427 g/mol. The fraction of sp³-hybridized carbons (Fsp3) is 0.250. The normalized spacial score (nSPS) is 11.0. The van der Waals surface area contributed by atoms with Crippen molar-refractivity contribution in [2.24, 2.45) is 0 Å². The summed E-state index contributed by atoms with van der Waals surface area (Å²) in [5.74, 6) is -1.75. The number of rotatable bonds is 8. The largest absolute Gasteiger partial charge is 0.457 e. The van der Waals surface area contributed by atoms with Crippen LogP contribution in [0, 0.1) is 0 Å². The molecule has 0 atom stereocenters. The molecule has 1 N–H and O–H groups in total. The summed E-state index contributed by atoms with van der Waals surface area (Å²) in [5.41, 5.74) is -0.724. The van der Waals surface area contributed by atoms with Gasteiger partial charge in [-0.3, -0.25) is 14.4 Å². The Labute approximate surface area is 169 Å². The number of benzene rings is 2. The second-order valence-corrected chi connectivity index (χ2v) is 6.47. The molecule has 0 heterocycles. The number of hydrogen-bond donors (Lipinski definition) is 1. The number of amides is 1. The smallest absolute Gasteiger partial charge is 0.416 e. The SMILES string of the molecule is O=C(CCCNC(=O)c1ccc(Cl)cc1)OCC(=O)c1cccc(C(F)(F)F)c1. The van der Waals surface area contributed by atoms with Crippen molar-refractivity contribution in [3.05, 3.63) is 70.2 Å². The average molecular weight is 428 g/mol. The van der Waals surface area contributed by atoms with E-state index >= 15 is 0 Å². The summed E-state index contributed by atoms with van der Waals surface area (Å²) >= 11 is 5.74. The Hall–Kier alpha value is -2.87. The number of halogens is 4. The number of ketones is 1. The van der Waals surface area contributed by atoms with Crippen LogP contribution in [0.25, 0.3) is 0 Å². The van der Waals surface area contributed by atoms with Crippen LogP contribution in [0.1, 0.15) is 39.1 Å². The molecular weight excluding hydrogens is 411 g/mol. The van der Waals surface area contributed by atoms with Crippen molar-refractivity contribution in [2.75, 3.05) is 13.2 Å². The lowest BCUT2D eigenvalue weighted by Crippen LogP contribution is -2.25. The highest BCUT2D eigenvalue weighted by atomic mass is 35.5. The van der Waals surface area contributed by atoms with E-state index in [0.29, 0.717) is 16.7 Å². The van der Waals surface area contributed by atoms with Gasteiger partial charge >= 0.3 is 12.1 Å². The zero-order valence-electron chi connectivity index (χ0n) is 15.1. The van der Waals surface area contributed by atoms with Crippen molar-refractivity contribution in [3.63, 3.8) is 0 Å². The summed E-state index contributed by atoms with van der Waals surface area (Å²) in [6.07, 6.45) is -4.35. The molecule has 0 fully saturated rings. The van der Waals surface area contributed by atoms with Crippen LogP contribution in [-0.2, 0) is 15.7 Å². The van der Waals surface area contributed by atoms with E-state index in [9.17, 15) is 27.6 Å². The van der Waals surface area contributed by atoms with Crippen LogP contribution in [0.2, 0.25) is 5.02 Å². The summed E-state index contributed by atoms with van der Waals surface area (Å²) in [7, 11) is 0. The second-order valence-electron chi connectivity index (χ2n) is 6.03. The van der Waals surface area contributed by atoms with Gasteiger partial charge in [0.15, 0.2) is 12.4 Å². The number of alkyl halides is 3. The van der Waals surface area contributed by atoms with Crippen LogP contribution in [0.15, 0.2) is 48.5 Å². The van der Waals surface area contributed by atoms with Gasteiger partial charge in [0, 0.05) is 29.1 Å². The first-order valence-electron chi connectivity index (χ1n) is 8.56. The van der Waals surface area contributed by atoms with Crippen molar-refractivity contribution in [1.82, 2.24) is 5.32 Å². The molecule has 2 aromatic carbocycles. The number of ether oxygens (including phenoxy) is 1. The molecule has 29 heavy (non-hydrogen) atoms. The molecule has 0 unspecified atom stereocenters. The van der Waals surface area contributed by atoms with E-state index in [1.165, 1.54) is 6.07 Å². The molecule has 2 aromatic rings. The third kappa shape index (κ3) is 7.23. The molecule has 1 amide bonds. The Morgan fingerprint density at radius 3 is 2.34 bits per heavy atom. The fourth-order valence-electron chi connectivity index (χ4n) is 2.31. The van der Waals surface area contributed by atoms with Crippen molar-refractivity contribution < 1.29 is 32.3 Å². The zero-order valence-corrected chi connectivity index (χ0v) is 15.8. The number of hydrogen-bond acceptors (Lipinski definition) is 4. The quantitative estimate of drug-likeness (QED) is 0.387. The minimum Gasteiger partial charge on any atom is -0.457 e. The van der Waals surface area contributed by atoms with Crippen molar-refractivity contribution >= 4 is 29.3 Å². The molecule has 0 spiro atoms. The molecule has 0 saturated heterocycles. The van der Waals surface area contributed by atoms with Gasteiger partial charge in [-0.1, -0.05) is 23.7 Å². The molecule has 0 saturated carbocycles. The molecule has 154 valence electrons. The summed E-state index contributed by atoms with van der Waals surface area (Å²) < 4.78 is 42.8. The van der Waals surface area contributed by atoms with Gasteiger partial charge in [-0.2, -0.15) is 13.2 Å². The lowest BCUT2D eigenvalue weighted by Gasteiger charge is -2.09. The van der Waals surface area contributed by atoms with Gasteiger partial charge < -0.3 is 10.1 Å².